The van der Waals surface area contributed by atoms with Crippen LogP contribution < -0.4 is 134 Å². The monoisotopic (exact) mass is 1410 g/mol. The van der Waals surface area contributed by atoms with Crippen LogP contribution in [-0.2, 0) is 47.9 Å². The van der Waals surface area contributed by atoms with Gasteiger partial charge in [0.2, 0.25) is 53.2 Å². The van der Waals surface area contributed by atoms with Crippen molar-refractivity contribution >= 4 is 101 Å². The highest BCUT2D eigenvalue weighted by Crippen LogP contribution is 2.14. The molecule has 0 bridgehead atoms. The van der Waals surface area contributed by atoms with Crippen molar-refractivity contribution in [2.24, 2.45) is 139 Å². The SMILES string of the molecule is CC(C)[C@H](NC(=O)[C@H](CCCN=C(N)N)NC(=O)[C@H](CCCN=C(N)N)NC(=O)[C@@H](NC(=O)[C@H](CCCN=C(N)N)NC(=O)[C@H](CCCN=C(N)N)NC(=O)[C@@H](NC(=O)[C@@H](N)CCCN=C(N)N)C(C)C)C(C)C)C(=O)N[C@@H](CCCN=C(N)N)C(=O)N[C@@H](CCCN=C(N)N)C(=O)O. The summed E-state index contributed by atoms with van der Waals surface area (Å²) >= 11 is 0. The fourth-order valence-electron chi connectivity index (χ4n) is 9.25. The van der Waals surface area contributed by atoms with Gasteiger partial charge in [-0.05, 0) is 108 Å². The van der Waals surface area contributed by atoms with Crippen molar-refractivity contribution in [3.63, 3.8) is 0 Å². The number of carboxylic acids is 1. The molecule has 40 N–H and O–H groups in total. The Morgan fingerprint density at radius 2 is 0.434 bits per heavy atom. The Kier molecular flexibility index (Phi) is 43.2. The Morgan fingerprint density at radius 1 is 0.263 bits per heavy atom. The number of hydrogen-bond acceptors (Lipinski definition) is 18. The summed E-state index contributed by atoms with van der Waals surface area (Å²) in [5.74, 6) is -12.7. The van der Waals surface area contributed by atoms with Crippen molar-refractivity contribution in [2.75, 3.05) is 45.8 Å². The second-order valence-electron chi connectivity index (χ2n) is 24.1. The molecule has 0 aliphatic rings. The zero-order chi connectivity index (χ0) is 75.5. The lowest BCUT2D eigenvalue weighted by atomic mass is 9.99. The first-order valence-corrected chi connectivity index (χ1v) is 32.5. The second-order valence-corrected chi connectivity index (χ2v) is 24.1. The third kappa shape index (κ3) is 40.0. The van der Waals surface area contributed by atoms with Gasteiger partial charge in [0.1, 0.15) is 54.4 Å². The molecule has 10 atom stereocenters. The minimum Gasteiger partial charge on any atom is -0.480 e. The Bertz CT molecular complexity index is 2800. The average molecular weight is 1410 g/mol. The summed E-state index contributed by atoms with van der Waals surface area (Å²) < 4.78 is 0. The lowest BCUT2D eigenvalue weighted by Crippen LogP contribution is -2.61. The van der Waals surface area contributed by atoms with Gasteiger partial charge >= 0.3 is 5.97 Å². The number of aliphatic carboxylic acids is 1. The summed E-state index contributed by atoms with van der Waals surface area (Å²) in [7, 11) is 0. The molecule has 0 saturated carbocycles. The molecule has 0 saturated heterocycles. The molecule has 0 aliphatic heterocycles. The van der Waals surface area contributed by atoms with Gasteiger partial charge in [0.15, 0.2) is 41.7 Å². The number of guanidine groups is 7. The van der Waals surface area contributed by atoms with Crippen LogP contribution in [0, 0.1) is 17.8 Å². The second kappa shape index (κ2) is 48.3. The molecule has 99 heavy (non-hydrogen) atoms. The zero-order valence-electron chi connectivity index (χ0n) is 57.7. The molecule has 9 amide bonds. The number of nitrogens with zero attached hydrogens (tertiary/aromatic N) is 7. The average Bonchev–Trinajstić information content (AvgIpc) is 0.873. The van der Waals surface area contributed by atoms with Crippen LogP contribution in [0.4, 0.5) is 0 Å². The molecule has 42 nitrogen and oxygen atoms in total. The Labute approximate surface area is 576 Å². The van der Waals surface area contributed by atoms with E-state index in [2.05, 4.69) is 82.8 Å². The van der Waals surface area contributed by atoms with Gasteiger partial charge in [-0.15, -0.1) is 0 Å². The van der Waals surface area contributed by atoms with E-state index in [9.17, 15) is 53.1 Å². The smallest absolute Gasteiger partial charge is 0.326 e. The number of carboxylic acid groups (broad SMARTS) is 1. The molecule has 0 radical (unpaired) electrons. The highest BCUT2D eigenvalue weighted by atomic mass is 16.4. The fourth-order valence-corrected chi connectivity index (χ4v) is 9.25. The fraction of sp³-hybridized carbons (Fsp3) is 0.702. The van der Waals surface area contributed by atoms with E-state index >= 15 is 0 Å². The lowest BCUT2D eigenvalue weighted by molar-refractivity contribution is -0.142. The molecule has 42 heteroatoms. The van der Waals surface area contributed by atoms with E-state index in [4.69, 9.17) is 86.0 Å². The van der Waals surface area contributed by atoms with E-state index in [1.165, 1.54) is 0 Å². The number of nitrogens with one attached hydrogen (secondary N) is 9. The number of carbonyl (C=O) groups is 10. The maximum absolute atomic E-state index is 14.7. The van der Waals surface area contributed by atoms with Crippen LogP contribution in [0.3, 0.4) is 0 Å². The van der Waals surface area contributed by atoms with E-state index < -0.39 is 137 Å². The molecule has 562 valence electrons. The van der Waals surface area contributed by atoms with Gasteiger partial charge in [0, 0.05) is 45.8 Å². The van der Waals surface area contributed by atoms with E-state index in [1.807, 2.05) is 0 Å². The highest BCUT2D eigenvalue weighted by molar-refractivity contribution is 5.99. The molecule has 0 aromatic carbocycles. The molecule has 0 spiro atoms. The number of aliphatic imine (C=N–C) groups is 7. The predicted octanol–water partition coefficient (Wildman–Crippen LogP) is -9.90. The van der Waals surface area contributed by atoms with Crippen LogP contribution >= 0.6 is 0 Å². The van der Waals surface area contributed by atoms with E-state index in [1.54, 1.807) is 41.5 Å². The normalized spacial score (nSPS) is 13.9. The molecular formula is C57H113N31O11. The zero-order valence-corrected chi connectivity index (χ0v) is 57.7. The predicted molar refractivity (Wildman–Crippen MR) is 377 cm³/mol. The topological polar surface area (TPSA) is 776 Å². The first kappa shape index (κ1) is 88.5. The summed E-state index contributed by atoms with van der Waals surface area (Å²) in [5, 5.41) is 33.7. The highest BCUT2D eigenvalue weighted by Gasteiger charge is 2.37. The van der Waals surface area contributed by atoms with Gasteiger partial charge in [-0.3, -0.25) is 78.1 Å². The van der Waals surface area contributed by atoms with Crippen molar-refractivity contribution in [3.8, 4) is 0 Å². The maximum atomic E-state index is 14.7. The van der Waals surface area contributed by atoms with Crippen LogP contribution in [0.1, 0.15) is 131 Å². The van der Waals surface area contributed by atoms with Crippen LogP contribution in [0.25, 0.3) is 0 Å². The van der Waals surface area contributed by atoms with Crippen molar-refractivity contribution in [1.29, 1.82) is 0 Å². The third-order valence-corrected chi connectivity index (χ3v) is 14.5. The van der Waals surface area contributed by atoms with Gasteiger partial charge in [0.05, 0.1) is 6.04 Å². The number of rotatable bonds is 50. The van der Waals surface area contributed by atoms with Gasteiger partial charge in [0.25, 0.3) is 0 Å². The summed E-state index contributed by atoms with van der Waals surface area (Å²) in [6.45, 7) is 9.87. The molecular weight excluding hydrogens is 1290 g/mol. The van der Waals surface area contributed by atoms with Crippen LogP contribution in [0.2, 0.25) is 0 Å². The number of carbonyl (C=O) groups excluding carboxylic acids is 9. The van der Waals surface area contributed by atoms with Crippen molar-refractivity contribution in [3.05, 3.63) is 0 Å². The Hall–Kier alpha value is -10.4. The van der Waals surface area contributed by atoms with Crippen molar-refractivity contribution < 1.29 is 53.1 Å². The number of nitrogens with two attached hydrogens (primary N) is 15. The van der Waals surface area contributed by atoms with Gasteiger partial charge < -0.3 is 139 Å². The van der Waals surface area contributed by atoms with E-state index in [-0.39, 0.29) is 171 Å². The molecule has 0 aromatic heterocycles. The third-order valence-electron chi connectivity index (χ3n) is 14.5. The Balaban J connectivity index is 7.39. The lowest BCUT2D eigenvalue weighted by Gasteiger charge is -2.30. The van der Waals surface area contributed by atoms with Gasteiger partial charge in [-0.2, -0.15) is 0 Å². The van der Waals surface area contributed by atoms with Crippen LogP contribution in [0.5, 0.6) is 0 Å². The van der Waals surface area contributed by atoms with Gasteiger partial charge in [-0.25, -0.2) is 4.79 Å². The number of hydrogen-bond donors (Lipinski definition) is 25. The summed E-state index contributed by atoms with van der Waals surface area (Å²) in [5.41, 5.74) is 83.3. The standard InChI is InChI=1S/C57H113N31O11/c1-28(2)38(86-41(89)31(58)14-7-21-73-51(59)60)47(95)82-32(15-8-22-74-52(61)62)42(90)80-35(18-11-25-77-55(67)68)45(93)87-39(29(3)4)48(96)83-33(16-9-23-75-53(63)64)43(91)81-36(19-12-26-78-56(69)70)46(94)88-40(30(5)6)49(97)84-34(17-10-24-76-54(65)66)44(92)85-37(50(98)99)20-13-27-79-57(71)72/h28-40H,7-27,58H2,1-6H3,(H,80,90)(H,81,91)(H,82,95)(H,83,96)(H,84,97)(H,85,92)(H,86,89)(H,87,93)(H,88,94)(H,98,99)(H4,59,60,73)(H4,61,62,74)(H4,63,64,75)(H4,65,66,76)(H4,67,68,77)(H4,69,70,78)(H4,71,72,79)/t31-,32-,33-,34-,35-,36-,37-,38-,39-,40-/m0/s1. The summed E-state index contributed by atoms with van der Waals surface area (Å²) in [6.07, 6.45) is 0.354. The van der Waals surface area contributed by atoms with Crippen molar-refractivity contribution in [2.45, 2.75) is 192 Å². The molecule has 0 aromatic rings. The van der Waals surface area contributed by atoms with Crippen molar-refractivity contribution in [1.82, 2.24) is 47.9 Å². The minimum absolute atomic E-state index is 0.0141. The van der Waals surface area contributed by atoms with Gasteiger partial charge in [-0.1, -0.05) is 41.5 Å². The first-order valence-electron chi connectivity index (χ1n) is 32.5. The maximum Gasteiger partial charge on any atom is 0.326 e. The quantitative estimate of drug-likeness (QED) is 0.0153. The molecule has 0 rings (SSSR count). The van der Waals surface area contributed by atoms with Crippen LogP contribution in [0.15, 0.2) is 34.9 Å². The van der Waals surface area contributed by atoms with Crippen LogP contribution in [-0.4, -0.2) is 212 Å². The molecule has 0 unspecified atom stereocenters. The van der Waals surface area contributed by atoms with E-state index in [0.717, 1.165) is 0 Å². The number of amides is 9. The molecule has 0 fully saturated rings. The van der Waals surface area contributed by atoms with E-state index in [0.29, 0.717) is 6.42 Å². The minimum atomic E-state index is -1.49. The molecule has 0 heterocycles. The first-order chi connectivity index (χ1) is 46.4. The molecule has 0 aliphatic carbocycles. The largest absolute Gasteiger partial charge is 0.480 e. The summed E-state index contributed by atoms with van der Waals surface area (Å²) in [6, 6.07) is -13.8. The Morgan fingerprint density at radius 3 is 0.636 bits per heavy atom. The summed E-state index contributed by atoms with van der Waals surface area (Å²) in [4.78, 5) is 168.